The summed E-state index contributed by atoms with van der Waals surface area (Å²) < 4.78 is 16.2. The highest BCUT2D eigenvalue weighted by Crippen LogP contribution is 2.19. The molecule has 23 heavy (non-hydrogen) atoms. The van der Waals surface area contributed by atoms with E-state index >= 15 is 0 Å². The summed E-state index contributed by atoms with van der Waals surface area (Å²) in [4.78, 5) is 11.8. The zero-order valence-corrected chi connectivity index (χ0v) is 13.9. The predicted molar refractivity (Wildman–Crippen MR) is 88.9 cm³/mol. The number of hydrogen-bond donors (Lipinski definition) is 1. The van der Waals surface area contributed by atoms with Gasteiger partial charge in [-0.25, -0.2) is 0 Å². The van der Waals surface area contributed by atoms with E-state index in [1.165, 1.54) is 0 Å². The Kier molecular flexibility index (Phi) is 7.73. The molecule has 1 saturated heterocycles. The summed E-state index contributed by atoms with van der Waals surface area (Å²) in [7, 11) is 0. The first-order valence-electron chi connectivity index (χ1n) is 8.48. The molecule has 0 radical (unpaired) electrons. The molecule has 0 saturated carbocycles. The average Bonchev–Trinajstić information content (AvgIpc) is 2.59. The van der Waals surface area contributed by atoms with E-state index in [-0.39, 0.29) is 12.5 Å². The van der Waals surface area contributed by atoms with Crippen LogP contribution in [0.2, 0.25) is 0 Å². The Hall–Kier alpha value is -1.75. The molecule has 1 amide bonds. The Morgan fingerprint density at radius 2 is 1.83 bits per heavy atom. The number of benzene rings is 1. The van der Waals surface area contributed by atoms with Crippen LogP contribution in [0.4, 0.5) is 0 Å². The number of carbonyl (C=O) groups excluding carboxylic acids is 1. The standard InChI is InChI=1S/C18H27NO4/c1-2-22-16-5-7-17(8-6-16)23-14-18(20)19-11-3-4-15-9-12-21-13-10-15/h5-8,15H,2-4,9-14H2,1H3,(H,19,20). The minimum Gasteiger partial charge on any atom is -0.494 e. The zero-order chi connectivity index (χ0) is 16.3. The molecule has 1 aromatic carbocycles. The second kappa shape index (κ2) is 10.1. The van der Waals surface area contributed by atoms with Crippen molar-refractivity contribution < 1.29 is 19.0 Å². The van der Waals surface area contributed by atoms with E-state index in [0.29, 0.717) is 18.9 Å². The first kappa shape index (κ1) is 17.6. The summed E-state index contributed by atoms with van der Waals surface area (Å²) in [6, 6.07) is 7.29. The molecule has 128 valence electrons. The van der Waals surface area contributed by atoms with Crippen molar-refractivity contribution in [1.29, 1.82) is 0 Å². The SMILES string of the molecule is CCOc1ccc(OCC(=O)NCCCC2CCOCC2)cc1. The van der Waals surface area contributed by atoms with Crippen LogP contribution in [-0.4, -0.2) is 38.9 Å². The average molecular weight is 321 g/mol. The summed E-state index contributed by atoms with van der Waals surface area (Å²) in [5, 5.41) is 2.90. The molecule has 1 aliphatic rings. The maximum atomic E-state index is 11.8. The van der Waals surface area contributed by atoms with E-state index in [1.807, 2.05) is 31.2 Å². The van der Waals surface area contributed by atoms with Crippen molar-refractivity contribution in [3.63, 3.8) is 0 Å². The molecule has 5 heteroatoms. The van der Waals surface area contributed by atoms with E-state index in [2.05, 4.69) is 5.32 Å². The summed E-state index contributed by atoms with van der Waals surface area (Å²) in [6.07, 6.45) is 4.46. The van der Waals surface area contributed by atoms with Gasteiger partial charge in [0.05, 0.1) is 6.61 Å². The summed E-state index contributed by atoms with van der Waals surface area (Å²) in [5.41, 5.74) is 0. The van der Waals surface area contributed by atoms with Crippen molar-refractivity contribution in [3.05, 3.63) is 24.3 Å². The van der Waals surface area contributed by atoms with Gasteiger partial charge in [-0.3, -0.25) is 4.79 Å². The highest BCUT2D eigenvalue weighted by molar-refractivity contribution is 5.77. The molecule has 1 aliphatic heterocycles. The Balaban J connectivity index is 1.55. The van der Waals surface area contributed by atoms with Gasteiger partial charge >= 0.3 is 0 Å². The second-order valence-corrected chi connectivity index (χ2v) is 5.74. The lowest BCUT2D eigenvalue weighted by atomic mass is 9.95. The van der Waals surface area contributed by atoms with E-state index in [4.69, 9.17) is 14.2 Å². The van der Waals surface area contributed by atoms with Gasteiger partial charge in [0.1, 0.15) is 11.5 Å². The number of amides is 1. The first-order chi connectivity index (χ1) is 11.3. The van der Waals surface area contributed by atoms with Crippen molar-refractivity contribution in [2.75, 3.05) is 33.0 Å². The van der Waals surface area contributed by atoms with Gasteiger partial charge in [0, 0.05) is 19.8 Å². The molecule has 1 fully saturated rings. The topological polar surface area (TPSA) is 56.8 Å². The normalized spacial score (nSPS) is 15.2. The number of rotatable bonds is 9. The molecular formula is C18H27NO4. The molecule has 1 N–H and O–H groups in total. The lowest BCUT2D eigenvalue weighted by Crippen LogP contribution is -2.30. The van der Waals surface area contributed by atoms with E-state index in [0.717, 1.165) is 50.6 Å². The van der Waals surface area contributed by atoms with Gasteiger partial charge in [0.2, 0.25) is 0 Å². The van der Waals surface area contributed by atoms with Gasteiger partial charge in [-0.15, -0.1) is 0 Å². The van der Waals surface area contributed by atoms with Crippen LogP contribution in [0.25, 0.3) is 0 Å². The maximum absolute atomic E-state index is 11.8. The molecule has 2 rings (SSSR count). The van der Waals surface area contributed by atoms with Crippen LogP contribution >= 0.6 is 0 Å². The fourth-order valence-electron chi connectivity index (χ4n) is 2.65. The third kappa shape index (κ3) is 6.91. The van der Waals surface area contributed by atoms with Crippen LogP contribution in [0, 0.1) is 5.92 Å². The lowest BCUT2D eigenvalue weighted by Gasteiger charge is -2.21. The Bertz CT molecular complexity index is 455. The van der Waals surface area contributed by atoms with Crippen LogP contribution < -0.4 is 14.8 Å². The lowest BCUT2D eigenvalue weighted by molar-refractivity contribution is -0.123. The molecule has 0 aromatic heterocycles. The Morgan fingerprint density at radius 3 is 2.48 bits per heavy atom. The largest absolute Gasteiger partial charge is 0.494 e. The molecule has 0 atom stereocenters. The van der Waals surface area contributed by atoms with Gasteiger partial charge in [-0.2, -0.15) is 0 Å². The van der Waals surface area contributed by atoms with Gasteiger partial charge < -0.3 is 19.5 Å². The second-order valence-electron chi connectivity index (χ2n) is 5.74. The smallest absolute Gasteiger partial charge is 0.257 e. The predicted octanol–water partition coefficient (Wildman–Crippen LogP) is 2.79. The minimum atomic E-state index is -0.0779. The molecule has 0 bridgehead atoms. The van der Waals surface area contributed by atoms with Gasteiger partial charge in [-0.05, 0) is 62.8 Å². The van der Waals surface area contributed by atoms with Crippen molar-refractivity contribution in [1.82, 2.24) is 5.32 Å². The van der Waals surface area contributed by atoms with Crippen LogP contribution in [-0.2, 0) is 9.53 Å². The van der Waals surface area contributed by atoms with E-state index in [1.54, 1.807) is 0 Å². The van der Waals surface area contributed by atoms with Crippen molar-refractivity contribution in [2.45, 2.75) is 32.6 Å². The molecule has 1 heterocycles. The number of nitrogens with one attached hydrogen (secondary N) is 1. The monoisotopic (exact) mass is 321 g/mol. The molecule has 0 aliphatic carbocycles. The van der Waals surface area contributed by atoms with Gasteiger partial charge in [-0.1, -0.05) is 0 Å². The fraction of sp³-hybridized carbons (Fsp3) is 0.611. The molecular weight excluding hydrogens is 294 g/mol. The number of ether oxygens (including phenoxy) is 3. The van der Waals surface area contributed by atoms with E-state index < -0.39 is 0 Å². The highest BCUT2D eigenvalue weighted by Gasteiger charge is 2.13. The maximum Gasteiger partial charge on any atom is 0.257 e. The molecule has 0 spiro atoms. The zero-order valence-electron chi connectivity index (χ0n) is 13.9. The van der Waals surface area contributed by atoms with Crippen molar-refractivity contribution >= 4 is 5.91 Å². The number of carbonyl (C=O) groups is 1. The summed E-state index contributed by atoms with van der Waals surface area (Å²) >= 11 is 0. The van der Waals surface area contributed by atoms with E-state index in [9.17, 15) is 4.79 Å². The van der Waals surface area contributed by atoms with Crippen LogP contribution in [0.15, 0.2) is 24.3 Å². The molecule has 1 aromatic rings. The van der Waals surface area contributed by atoms with Crippen molar-refractivity contribution in [3.8, 4) is 11.5 Å². The minimum absolute atomic E-state index is 0.0469. The first-order valence-corrected chi connectivity index (χ1v) is 8.48. The molecule has 5 nitrogen and oxygen atoms in total. The third-order valence-electron chi connectivity index (χ3n) is 3.96. The summed E-state index contributed by atoms with van der Waals surface area (Å²) in [6.45, 7) is 5.10. The van der Waals surface area contributed by atoms with Crippen molar-refractivity contribution in [2.24, 2.45) is 5.92 Å². The van der Waals surface area contributed by atoms with Crippen LogP contribution in [0.5, 0.6) is 11.5 Å². The van der Waals surface area contributed by atoms with Crippen LogP contribution in [0.3, 0.4) is 0 Å². The molecule has 0 unspecified atom stereocenters. The number of hydrogen-bond acceptors (Lipinski definition) is 4. The van der Waals surface area contributed by atoms with Gasteiger partial charge in [0.15, 0.2) is 6.61 Å². The Morgan fingerprint density at radius 1 is 1.17 bits per heavy atom. The third-order valence-corrected chi connectivity index (χ3v) is 3.96. The highest BCUT2D eigenvalue weighted by atomic mass is 16.5. The quantitative estimate of drug-likeness (QED) is 0.711. The van der Waals surface area contributed by atoms with Crippen LogP contribution in [0.1, 0.15) is 32.6 Å². The van der Waals surface area contributed by atoms with Gasteiger partial charge in [0.25, 0.3) is 5.91 Å². The Labute approximate surface area is 138 Å². The summed E-state index contributed by atoms with van der Waals surface area (Å²) in [5.74, 6) is 2.15. The fourth-order valence-corrected chi connectivity index (χ4v) is 2.65.